The smallest absolute Gasteiger partial charge is 0.264 e. The van der Waals surface area contributed by atoms with Crippen LogP contribution in [0.1, 0.15) is 11.3 Å². The van der Waals surface area contributed by atoms with E-state index in [-0.39, 0.29) is 11.3 Å². The maximum Gasteiger partial charge on any atom is 0.417 e. The molecule has 0 fully saturated rings. The number of hydrogen-bond donors (Lipinski definition) is 0. The molecule has 0 radical (unpaired) electrons. The van der Waals surface area contributed by atoms with Gasteiger partial charge in [0.1, 0.15) is 10.0 Å². The first kappa shape index (κ1) is 17.4. The summed E-state index contributed by atoms with van der Waals surface area (Å²) < 4.78 is 41.4. The van der Waals surface area contributed by atoms with Crippen LogP contribution >= 0.6 is 11.3 Å². The number of pyridine rings is 1. The molecule has 3 aromatic heterocycles. The Morgan fingerprint density at radius 3 is 2.59 bits per heavy atom. The fraction of sp³-hybridized carbons (Fsp3) is 0.105. The molecule has 0 bridgehead atoms. The average Bonchev–Trinajstić information content (AvgIpc) is 3.28. The zero-order valence-corrected chi connectivity index (χ0v) is 14.9. The van der Waals surface area contributed by atoms with Crippen molar-refractivity contribution in [2.24, 2.45) is 0 Å². The van der Waals surface area contributed by atoms with Crippen molar-refractivity contribution in [3.63, 3.8) is 0 Å². The van der Waals surface area contributed by atoms with E-state index in [4.69, 9.17) is 0 Å². The molecular formula is C19H13F3N4S. The maximum atomic E-state index is 13.3. The summed E-state index contributed by atoms with van der Waals surface area (Å²) in [5.74, 6) is 0. The topological polar surface area (TPSA) is 43.6 Å². The average molecular weight is 386 g/mol. The predicted octanol–water partition coefficient (Wildman–Crippen LogP) is 5.39. The minimum atomic E-state index is -4.44. The molecule has 0 saturated carbocycles. The zero-order chi connectivity index (χ0) is 19.0. The molecule has 0 aliphatic heterocycles. The van der Waals surface area contributed by atoms with Crippen LogP contribution in [0.4, 0.5) is 13.2 Å². The van der Waals surface area contributed by atoms with Crippen LogP contribution in [0, 0.1) is 6.92 Å². The van der Waals surface area contributed by atoms with Crippen LogP contribution in [0.5, 0.6) is 0 Å². The van der Waals surface area contributed by atoms with E-state index in [1.54, 1.807) is 35.4 Å². The number of aromatic nitrogens is 4. The molecule has 0 aliphatic carbocycles. The van der Waals surface area contributed by atoms with Crippen LogP contribution in [0.25, 0.3) is 26.8 Å². The van der Waals surface area contributed by atoms with Crippen molar-refractivity contribution in [2.75, 3.05) is 0 Å². The molecule has 136 valence electrons. The molecule has 0 spiro atoms. The number of aryl methyl sites for hydroxylation is 1. The van der Waals surface area contributed by atoms with Crippen molar-refractivity contribution in [3.05, 3.63) is 72.3 Å². The van der Waals surface area contributed by atoms with Gasteiger partial charge < -0.3 is 0 Å². The quantitative estimate of drug-likeness (QED) is 0.474. The highest BCUT2D eigenvalue weighted by Gasteiger charge is 2.33. The standard InChI is InChI=1S/C19H13F3N4S/c1-12-18(27-17(24-12)13-5-4-9-23-11-13)26-10-8-16(25-26)14-6-2-3-7-15(14)19(20,21)22/h2-11H,1H3. The van der Waals surface area contributed by atoms with Gasteiger partial charge in [0.15, 0.2) is 0 Å². The molecule has 0 atom stereocenters. The normalized spacial score (nSPS) is 11.7. The maximum absolute atomic E-state index is 13.3. The van der Waals surface area contributed by atoms with Crippen LogP contribution in [0.3, 0.4) is 0 Å². The minimum Gasteiger partial charge on any atom is -0.264 e. The Hall–Kier alpha value is -3.00. The fourth-order valence-electron chi connectivity index (χ4n) is 2.75. The van der Waals surface area contributed by atoms with Crippen LogP contribution in [-0.4, -0.2) is 19.7 Å². The third-order valence-electron chi connectivity index (χ3n) is 3.99. The number of nitrogens with zero attached hydrogens (tertiary/aromatic N) is 4. The van der Waals surface area contributed by atoms with Gasteiger partial charge in [-0.1, -0.05) is 29.5 Å². The molecule has 0 unspecified atom stereocenters. The third-order valence-corrected chi connectivity index (χ3v) is 5.18. The highest BCUT2D eigenvalue weighted by atomic mass is 32.1. The SMILES string of the molecule is Cc1nc(-c2cccnc2)sc1-n1ccc(-c2ccccc2C(F)(F)F)n1. The lowest BCUT2D eigenvalue weighted by Gasteiger charge is -2.10. The Morgan fingerprint density at radius 1 is 1.04 bits per heavy atom. The van der Waals surface area contributed by atoms with Gasteiger partial charge in [-0.3, -0.25) is 4.98 Å². The monoisotopic (exact) mass is 386 g/mol. The van der Waals surface area contributed by atoms with Gasteiger partial charge in [-0.25, -0.2) is 9.67 Å². The van der Waals surface area contributed by atoms with Gasteiger partial charge >= 0.3 is 6.18 Å². The second-order valence-electron chi connectivity index (χ2n) is 5.84. The third kappa shape index (κ3) is 3.35. The van der Waals surface area contributed by atoms with Crippen LogP contribution in [-0.2, 0) is 6.18 Å². The van der Waals surface area contributed by atoms with E-state index >= 15 is 0 Å². The highest BCUT2D eigenvalue weighted by Crippen LogP contribution is 2.37. The number of halogens is 3. The first-order valence-corrected chi connectivity index (χ1v) is 8.85. The van der Waals surface area contributed by atoms with Crippen molar-refractivity contribution in [3.8, 4) is 26.8 Å². The summed E-state index contributed by atoms with van der Waals surface area (Å²) in [5.41, 5.74) is 1.24. The summed E-state index contributed by atoms with van der Waals surface area (Å²) in [6, 6.07) is 10.7. The van der Waals surface area contributed by atoms with Gasteiger partial charge in [0.25, 0.3) is 0 Å². The summed E-state index contributed by atoms with van der Waals surface area (Å²) in [7, 11) is 0. The minimum absolute atomic E-state index is 0.0541. The molecule has 0 aliphatic rings. The second kappa shape index (κ2) is 6.62. The molecule has 0 saturated heterocycles. The van der Waals surface area contributed by atoms with Gasteiger partial charge in [-0.05, 0) is 31.2 Å². The first-order chi connectivity index (χ1) is 12.9. The molecule has 3 heterocycles. The summed E-state index contributed by atoms with van der Waals surface area (Å²) in [5, 5.41) is 5.90. The molecule has 4 nitrogen and oxygen atoms in total. The Kier molecular flexibility index (Phi) is 4.27. The summed E-state index contributed by atoms with van der Waals surface area (Å²) in [6.07, 6.45) is 0.614. The molecule has 0 amide bonds. The van der Waals surface area contributed by atoms with E-state index in [2.05, 4.69) is 15.1 Å². The molecule has 8 heteroatoms. The van der Waals surface area contributed by atoms with Gasteiger partial charge in [0.2, 0.25) is 0 Å². The number of hydrogen-bond acceptors (Lipinski definition) is 4. The van der Waals surface area contributed by atoms with E-state index in [1.807, 2.05) is 19.1 Å². The van der Waals surface area contributed by atoms with E-state index in [0.717, 1.165) is 27.3 Å². The molecule has 27 heavy (non-hydrogen) atoms. The fourth-order valence-corrected chi connectivity index (χ4v) is 3.74. The van der Waals surface area contributed by atoms with Crippen molar-refractivity contribution in [1.82, 2.24) is 19.7 Å². The van der Waals surface area contributed by atoms with Crippen LogP contribution in [0.2, 0.25) is 0 Å². The summed E-state index contributed by atoms with van der Waals surface area (Å²) in [4.78, 5) is 8.62. The van der Waals surface area contributed by atoms with E-state index in [9.17, 15) is 13.2 Å². The number of alkyl halides is 3. The Labute approximate surface area is 157 Å². The lowest BCUT2D eigenvalue weighted by Crippen LogP contribution is -2.07. The predicted molar refractivity (Wildman–Crippen MR) is 97.6 cm³/mol. The second-order valence-corrected chi connectivity index (χ2v) is 6.82. The van der Waals surface area contributed by atoms with Crippen LogP contribution < -0.4 is 0 Å². The molecular weight excluding hydrogens is 373 g/mol. The largest absolute Gasteiger partial charge is 0.417 e. The van der Waals surface area contributed by atoms with Crippen LogP contribution in [0.15, 0.2) is 61.1 Å². The molecule has 4 aromatic rings. The number of thiazole rings is 1. The first-order valence-electron chi connectivity index (χ1n) is 8.04. The Morgan fingerprint density at radius 2 is 1.85 bits per heavy atom. The molecule has 4 rings (SSSR count). The lowest BCUT2D eigenvalue weighted by molar-refractivity contribution is -0.137. The Bertz CT molecular complexity index is 1080. The van der Waals surface area contributed by atoms with Gasteiger partial charge in [-0.15, -0.1) is 0 Å². The van der Waals surface area contributed by atoms with E-state index in [0.29, 0.717) is 0 Å². The summed E-state index contributed by atoms with van der Waals surface area (Å²) >= 11 is 1.41. The van der Waals surface area contributed by atoms with Gasteiger partial charge in [0, 0.05) is 29.7 Å². The summed E-state index contributed by atoms with van der Waals surface area (Å²) in [6.45, 7) is 1.84. The molecule has 0 N–H and O–H groups in total. The van der Waals surface area contributed by atoms with Crippen molar-refractivity contribution < 1.29 is 13.2 Å². The number of benzene rings is 1. The van der Waals surface area contributed by atoms with Crippen molar-refractivity contribution >= 4 is 11.3 Å². The lowest BCUT2D eigenvalue weighted by atomic mass is 10.0. The van der Waals surface area contributed by atoms with Gasteiger partial charge in [0.05, 0.1) is 17.0 Å². The highest BCUT2D eigenvalue weighted by molar-refractivity contribution is 7.17. The Balaban J connectivity index is 1.74. The zero-order valence-electron chi connectivity index (χ0n) is 14.1. The van der Waals surface area contributed by atoms with Crippen molar-refractivity contribution in [2.45, 2.75) is 13.1 Å². The van der Waals surface area contributed by atoms with E-state index in [1.165, 1.54) is 23.5 Å². The number of rotatable bonds is 3. The van der Waals surface area contributed by atoms with E-state index < -0.39 is 11.7 Å². The van der Waals surface area contributed by atoms with Crippen molar-refractivity contribution in [1.29, 1.82) is 0 Å². The molecule has 1 aromatic carbocycles. The van der Waals surface area contributed by atoms with Gasteiger partial charge in [-0.2, -0.15) is 18.3 Å².